The number of rotatable bonds is 16. The van der Waals surface area contributed by atoms with Gasteiger partial charge < -0.3 is 21.8 Å². The molecule has 3 amide bonds. The van der Waals surface area contributed by atoms with Crippen LogP contribution in [0.25, 0.3) is 0 Å². The number of carbonyl (C=O) groups is 3. The van der Waals surface area contributed by atoms with Crippen LogP contribution in [0, 0.1) is 17.2 Å². The first-order chi connectivity index (χ1) is 20.6. The normalized spacial score (nSPS) is 15.6. The van der Waals surface area contributed by atoms with Gasteiger partial charge in [-0.25, -0.2) is 4.99 Å². The molecule has 230 valence electrons. The zero-order valence-corrected chi connectivity index (χ0v) is 26.1. The second-order valence-corrected chi connectivity index (χ2v) is 12.3. The van der Waals surface area contributed by atoms with Crippen LogP contribution >= 0.6 is 11.3 Å². The van der Waals surface area contributed by atoms with Crippen LogP contribution in [0.5, 0.6) is 0 Å². The van der Waals surface area contributed by atoms with Gasteiger partial charge in [0.1, 0.15) is 10.8 Å². The van der Waals surface area contributed by atoms with Gasteiger partial charge >= 0.3 is 0 Å². The molecule has 0 saturated carbocycles. The average molecular weight is 606 g/mol. The van der Waals surface area contributed by atoms with Crippen molar-refractivity contribution in [2.75, 3.05) is 5.32 Å². The number of hydrogen-bond acceptors (Lipinski definition) is 7. The first kappa shape index (κ1) is 33.5. The molecule has 2 aromatic rings. The molecule has 0 fully saturated rings. The van der Waals surface area contributed by atoms with Crippen molar-refractivity contribution in [3.8, 4) is 0 Å². The van der Waals surface area contributed by atoms with Crippen LogP contribution in [0.4, 0.5) is 5.13 Å². The van der Waals surface area contributed by atoms with Crippen molar-refractivity contribution in [2.24, 2.45) is 22.6 Å². The number of nitrogens with two attached hydrogens (primary N) is 1. The molecule has 43 heavy (non-hydrogen) atoms. The molecule has 10 nitrogen and oxygen atoms in total. The minimum atomic E-state index is -0.313. The van der Waals surface area contributed by atoms with Crippen molar-refractivity contribution in [2.45, 2.75) is 84.6 Å². The number of amidine groups is 1. The van der Waals surface area contributed by atoms with Crippen molar-refractivity contribution < 1.29 is 14.4 Å². The van der Waals surface area contributed by atoms with E-state index in [1.165, 1.54) is 11.3 Å². The number of nitrogens with one attached hydrogen (secondary N) is 3. The Morgan fingerprint density at radius 3 is 2.58 bits per heavy atom. The van der Waals surface area contributed by atoms with Gasteiger partial charge in [-0.3, -0.25) is 14.4 Å². The van der Waals surface area contributed by atoms with Crippen LogP contribution in [0.1, 0.15) is 76.3 Å². The summed E-state index contributed by atoms with van der Waals surface area (Å²) in [7, 11) is 0. The summed E-state index contributed by atoms with van der Waals surface area (Å²) in [6, 6.07) is 9.51. The van der Waals surface area contributed by atoms with E-state index in [-0.39, 0.29) is 54.3 Å². The molecule has 1 aliphatic carbocycles. The van der Waals surface area contributed by atoms with Crippen LogP contribution in [-0.2, 0) is 27.2 Å². The summed E-state index contributed by atoms with van der Waals surface area (Å²) < 4.78 is 0. The number of hydrogen-bond donors (Lipinski definition) is 4. The predicted octanol–water partition coefficient (Wildman–Crippen LogP) is 5.17. The van der Waals surface area contributed by atoms with Gasteiger partial charge in [-0.1, -0.05) is 73.7 Å². The number of aromatic nitrogens is 2. The van der Waals surface area contributed by atoms with E-state index < -0.39 is 0 Å². The molecule has 0 aliphatic heterocycles. The van der Waals surface area contributed by atoms with E-state index in [0.29, 0.717) is 30.1 Å². The van der Waals surface area contributed by atoms with Gasteiger partial charge in [-0.05, 0) is 50.2 Å². The highest BCUT2D eigenvalue weighted by Gasteiger charge is 2.20. The van der Waals surface area contributed by atoms with Crippen molar-refractivity contribution in [3.63, 3.8) is 0 Å². The highest BCUT2D eigenvalue weighted by Crippen LogP contribution is 2.23. The number of benzene rings is 1. The fourth-order valence-electron chi connectivity index (χ4n) is 4.54. The Labute approximate surface area is 257 Å². The largest absolute Gasteiger partial charge is 0.387 e. The van der Waals surface area contributed by atoms with E-state index in [2.05, 4.69) is 25.8 Å². The summed E-state index contributed by atoms with van der Waals surface area (Å²) in [6.07, 6.45) is 11.1. The number of unbranched alkanes of at least 4 members (excludes halogenated alkanes) is 1. The Morgan fingerprint density at radius 2 is 1.84 bits per heavy atom. The van der Waals surface area contributed by atoms with Gasteiger partial charge in [0.25, 0.3) is 5.91 Å². The first-order valence-corrected chi connectivity index (χ1v) is 15.7. The van der Waals surface area contributed by atoms with E-state index in [1.807, 2.05) is 69.3 Å². The van der Waals surface area contributed by atoms with E-state index in [0.717, 1.165) is 41.8 Å². The second-order valence-electron chi connectivity index (χ2n) is 11.2. The lowest BCUT2D eigenvalue weighted by molar-refractivity contribution is -0.125. The maximum absolute atomic E-state index is 12.5. The van der Waals surface area contributed by atoms with Crippen LogP contribution in [0.15, 0.2) is 59.1 Å². The fraction of sp³-hybridized carbons (Fsp3) is 0.469. The molecule has 0 radical (unpaired) electrons. The molecule has 3 rings (SSSR count). The SMILES string of the molecule is CC(C)C(=O)NC(C)C1C=C(CC(=O)N=C(N)CCC(=N)CCCCc2nnc(NC(=O)Cc3ccccc3)s2)C=CC1. The van der Waals surface area contributed by atoms with Gasteiger partial charge in [-0.15, -0.1) is 10.2 Å². The Morgan fingerprint density at radius 1 is 1.07 bits per heavy atom. The first-order valence-electron chi connectivity index (χ1n) is 14.8. The Bertz CT molecular complexity index is 1350. The Hall–Kier alpha value is -3.99. The van der Waals surface area contributed by atoms with E-state index in [4.69, 9.17) is 11.1 Å². The number of carbonyl (C=O) groups excluding carboxylic acids is 3. The topological polar surface area (TPSA) is 163 Å². The summed E-state index contributed by atoms with van der Waals surface area (Å²) in [5.74, 6) is -0.137. The lowest BCUT2D eigenvalue weighted by Gasteiger charge is -2.25. The number of aliphatic imine (C=N–C) groups is 1. The van der Waals surface area contributed by atoms with Gasteiger partial charge in [0.15, 0.2) is 0 Å². The van der Waals surface area contributed by atoms with E-state index in [1.54, 1.807) is 0 Å². The second kappa shape index (κ2) is 17.2. The van der Waals surface area contributed by atoms with Gasteiger partial charge in [0.2, 0.25) is 16.9 Å². The molecule has 1 aromatic carbocycles. The third-order valence-corrected chi connectivity index (χ3v) is 7.95. The van der Waals surface area contributed by atoms with Crippen LogP contribution < -0.4 is 16.4 Å². The number of amides is 3. The van der Waals surface area contributed by atoms with Crippen molar-refractivity contribution in [3.05, 3.63) is 64.7 Å². The molecule has 2 atom stereocenters. The third-order valence-electron chi connectivity index (χ3n) is 7.05. The molecule has 11 heteroatoms. The summed E-state index contributed by atoms with van der Waals surface area (Å²) >= 11 is 1.37. The summed E-state index contributed by atoms with van der Waals surface area (Å²) in [5.41, 5.74) is 8.37. The Balaban J connectivity index is 1.32. The number of anilines is 1. The summed E-state index contributed by atoms with van der Waals surface area (Å²) in [6.45, 7) is 5.71. The number of nitrogens with zero attached hydrogens (tertiary/aromatic N) is 3. The highest BCUT2D eigenvalue weighted by atomic mass is 32.1. The standard InChI is InChI=1S/C32H43N7O3S/c1-21(2)31(42)35-22(3)25-13-9-12-24(18-25)20-28(40)36-27(34)17-16-26(33)14-7-8-15-30-38-39-32(43-30)37-29(41)19-23-10-5-4-6-11-23/h4-6,9-12,18,21-22,25,33H,7-8,13-17,19-20H2,1-3H3,(H,35,42)(H2,34,36,40)(H,37,39,41). The monoisotopic (exact) mass is 605 g/mol. The van der Waals surface area contributed by atoms with Crippen molar-refractivity contribution >= 4 is 45.7 Å². The van der Waals surface area contributed by atoms with Gasteiger partial charge in [-0.2, -0.15) is 0 Å². The molecule has 2 unspecified atom stereocenters. The molecule has 0 spiro atoms. The lowest BCUT2D eigenvalue weighted by Crippen LogP contribution is -2.40. The molecule has 1 heterocycles. The molecular formula is C32H43N7O3S. The predicted molar refractivity (Wildman–Crippen MR) is 172 cm³/mol. The van der Waals surface area contributed by atoms with Crippen molar-refractivity contribution in [1.82, 2.24) is 15.5 Å². The fourth-order valence-corrected chi connectivity index (χ4v) is 5.34. The minimum absolute atomic E-state index is 0.0171. The van der Waals surface area contributed by atoms with Crippen molar-refractivity contribution in [1.29, 1.82) is 5.41 Å². The highest BCUT2D eigenvalue weighted by molar-refractivity contribution is 7.15. The molecule has 0 bridgehead atoms. The zero-order chi connectivity index (χ0) is 31.2. The van der Waals surface area contributed by atoms with Gasteiger partial charge in [0, 0.05) is 36.4 Å². The van der Waals surface area contributed by atoms with E-state index in [9.17, 15) is 14.4 Å². The Kier molecular flexibility index (Phi) is 13.4. The lowest BCUT2D eigenvalue weighted by atomic mass is 9.89. The van der Waals surface area contributed by atoms with Gasteiger partial charge in [0.05, 0.1) is 12.8 Å². The number of aryl methyl sites for hydroxylation is 1. The summed E-state index contributed by atoms with van der Waals surface area (Å²) in [4.78, 5) is 40.8. The van der Waals surface area contributed by atoms with Crippen LogP contribution in [0.3, 0.4) is 0 Å². The smallest absolute Gasteiger partial charge is 0.251 e. The quantitative estimate of drug-likeness (QED) is 0.117. The molecular weight excluding hydrogens is 562 g/mol. The minimum Gasteiger partial charge on any atom is -0.387 e. The van der Waals surface area contributed by atoms with E-state index >= 15 is 0 Å². The zero-order valence-electron chi connectivity index (χ0n) is 25.3. The maximum Gasteiger partial charge on any atom is 0.251 e. The average Bonchev–Trinajstić information content (AvgIpc) is 3.41. The molecule has 0 saturated heterocycles. The number of allylic oxidation sites excluding steroid dienone is 2. The maximum atomic E-state index is 12.5. The molecule has 1 aliphatic rings. The van der Waals surface area contributed by atoms with Crippen LogP contribution in [-0.4, -0.2) is 45.5 Å². The summed E-state index contributed by atoms with van der Waals surface area (Å²) in [5, 5.41) is 23.7. The third kappa shape index (κ3) is 12.4. The molecule has 5 N–H and O–H groups in total. The molecule has 1 aromatic heterocycles. The van der Waals surface area contributed by atoms with Crippen LogP contribution in [0.2, 0.25) is 0 Å².